The fourth-order valence-corrected chi connectivity index (χ4v) is 3.18. The number of nitrogens with two attached hydrogens (primary N) is 1. The number of furan rings is 1. The molecule has 2 aromatic heterocycles. The number of hydrogen-bond donors (Lipinski definition) is 1. The summed E-state index contributed by atoms with van der Waals surface area (Å²) >= 11 is 1.25. The molecule has 3 aromatic rings. The molecule has 3 rings (SSSR count). The van der Waals surface area contributed by atoms with Crippen LogP contribution in [-0.2, 0) is 16.9 Å². The second kappa shape index (κ2) is 8.54. The predicted octanol–water partition coefficient (Wildman–Crippen LogP) is 3.33. The van der Waals surface area contributed by atoms with E-state index in [-0.39, 0.29) is 23.0 Å². The van der Waals surface area contributed by atoms with E-state index in [9.17, 15) is 14.4 Å². The molecule has 28 heavy (non-hydrogen) atoms. The number of methoxy groups -OCH3 is 1. The molecule has 0 bridgehead atoms. The number of esters is 1. The van der Waals surface area contributed by atoms with E-state index < -0.39 is 5.97 Å². The molecule has 1 aromatic carbocycles. The summed E-state index contributed by atoms with van der Waals surface area (Å²) in [5.41, 5.74) is 7.35. The lowest BCUT2D eigenvalue weighted by atomic mass is 10.1. The molecule has 0 aliphatic heterocycles. The Balaban J connectivity index is 1.79. The van der Waals surface area contributed by atoms with Crippen molar-refractivity contribution in [3.8, 4) is 6.07 Å². The van der Waals surface area contributed by atoms with Crippen LogP contribution in [0, 0.1) is 17.1 Å². The molecule has 0 amide bonds. The molecular weight excluding hydrogens is 383 g/mol. The lowest BCUT2D eigenvalue weighted by molar-refractivity contribution is 0.0563. The minimum Gasteiger partial charge on any atom is -0.463 e. The van der Waals surface area contributed by atoms with Gasteiger partial charge in [0.25, 0.3) is 0 Å². The summed E-state index contributed by atoms with van der Waals surface area (Å²) in [4.78, 5) is 20.0. The maximum Gasteiger partial charge on any atom is 0.373 e. The van der Waals surface area contributed by atoms with Gasteiger partial charge in [0, 0.05) is 6.42 Å². The molecule has 0 aliphatic carbocycles. The van der Waals surface area contributed by atoms with Crippen LogP contribution in [0.4, 0.5) is 10.2 Å². The van der Waals surface area contributed by atoms with Crippen molar-refractivity contribution in [2.75, 3.05) is 12.8 Å². The third-order valence-corrected chi connectivity index (χ3v) is 4.65. The molecule has 142 valence electrons. The molecule has 0 unspecified atom stereocenters. The number of nitrogens with zero attached hydrogens (tertiary/aromatic N) is 3. The zero-order valence-electron chi connectivity index (χ0n) is 14.8. The van der Waals surface area contributed by atoms with Crippen LogP contribution >= 0.6 is 11.8 Å². The van der Waals surface area contributed by atoms with E-state index >= 15 is 0 Å². The van der Waals surface area contributed by atoms with E-state index in [0.29, 0.717) is 28.8 Å². The molecule has 0 saturated heterocycles. The fraction of sp³-hybridized carbons (Fsp3) is 0.158. The first-order chi connectivity index (χ1) is 13.5. The number of rotatable bonds is 6. The van der Waals surface area contributed by atoms with Gasteiger partial charge in [-0.1, -0.05) is 23.9 Å². The van der Waals surface area contributed by atoms with Gasteiger partial charge in [-0.05, 0) is 29.8 Å². The van der Waals surface area contributed by atoms with E-state index in [1.165, 1.54) is 37.1 Å². The zero-order valence-corrected chi connectivity index (χ0v) is 15.6. The first-order valence-corrected chi connectivity index (χ1v) is 9.09. The number of aromatic nitrogens is 2. The summed E-state index contributed by atoms with van der Waals surface area (Å²) in [7, 11) is 1.27. The summed E-state index contributed by atoms with van der Waals surface area (Å²) in [5.74, 6) is 0.182. The third-order valence-electron chi connectivity index (χ3n) is 3.78. The second-order valence-electron chi connectivity index (χ2n) is 5.67. The molecular formula is C19H15FN4O3S. The van der Waals surface area contributed by atoms with Crippen molar-refractivity contribution in [3.05, 3.63) is 70.6 Å². The number of carbonyl (C=O) groups excluding carboxylic acids is 1. The highest BCUT2D eigenvalue weighted by molar-refractivity contribution is 7.98. The average Bonchev–Trinajstić information content (AvgIpc) is 3.16. The van der Waals surface area contributed by atoms with Gasteiger partial charge in [0.15, 0.2) is 5.16 Å². The molecule has 0 saturated carbocycles. The van der Waals surface area contributed by atoms with Gasteiger partial charge in [-0.2, -0.15) is 5.26 Å². The third kappa shape index (κ3) is 4.47. The van der Waals surface area contributed by atoms with Gasteiger partial charge in [-0.3, -0.25) is 0 Å². The van der Waals surface area contributed by atoms with Crippen LogP contribution in [-0.4, -0.2) is 23.0 Å². The van der Waals surface area contributed by atoms with Crippen LogP contribution in [0.25, 0.3) is 0 Å². The first kappa shape index (κ1) is 19.4. The first-order valence-electron chi connectivity index (χ1n) is 8.11. The standard InChI is InChI=1S/C19H15FN4O3S/c1-26-18(25)16-7-6-13(27-16)10-28-19-23-15(14(9-21)17(22)24-19)8-11-2-4-12(20)5-3-11/h2-7H,8,10H2,1H3,(H2,22,23,24). The number of nitrogen functional groups attached to an aromatic ring is 1. The highest BCUT2D eigenvalue weighted by Gasteiger charge is 2.15. The normalized spacial score (nSPS) is 10.5. The number of ether oxygens (including phenoxy) is 1. The van der Waals surface area contributed by atoms with Gasteiger partial charge in [0.2, 0.25) is 5.76 Å². The Morgan fingerprint density at radius 1 is 1.29 bits per heavy atom. The smallest absolute Gasteiger partial charge is 0.373 e. The van der Waals surface area contributed by atoms with Crippen molar-refractivity contribution in [2.45, 2.75) is 17.3 Å². The number of thioether (sulfide) groups is 1. The highest BCUT2D eigenvalue weighted by Crippen LogP contribution is 2.25. The van der Waals surface area contributed by atoms with Gasteiger partial charge in [0.1, 0.15) is 29.0 Å². The molecule has 0 atom stereocenters. The molecule has 7 nitrogen and oxygen atoms in total. The van der Waals surface area contributed by atoms with E-state index in [4.69, 9.17) is 10.2 Å². The van der Waals surface area contributed by atoms with Crippen LogP contribution in [0.5, 0.6) is 0 Å². The summed E-state index contributed by atoms with van der Waals surface area (Å²) in [6.45, 7) is 0. The van der Waals surface area contributed by atoms with Crippen LogP contribution < -0.4 is 5.73 Å². The van der Waals surface area contributed by atoms with Gasteiger partial charge in [-0.15, -0.1) is 0 Å². The number of halogens is 1. The van der Waals surface area contributed by atoms with E-state index in [2.05, 4.69) is 14.7 Å². The van der Waals surface area contributed by atoms with Crippen molar-refractivity contribution in [1.29, 1.82) is 5.26 Å². The second-order valence-corrected chi connectivity index (χ2v) is 6.62. The number of carbonyl (C=O) groups is 1. The number of benzene rings is 1. The average molecular weight is 398 g/mol. The number of nitriles is 1. The van der Waals surface area contributed by atoms with Gasteiger partial charge < -0.3 is 14.9 Å². The van der Waals surface area contributed by atoms with E-state index in [1.54, 1.807) is 18.2 Å². The molecule has 0 aliphatic rings. The topological polar surface area (TPSA) is 115 Å². The van der Waals surface area contributed by atoms with Gasteiger partial charge in [0.05, 0.1) is 18.6 Å². The summed E-state index contributed by atoms with van der Waals surface area (Å²) in [5, 5.41) is 9.73. The molecule has 2 heterocycles. The molecule has 0 fully saturated rings. The quantitative estimate of drug-likeness (QED) is 0.382. The molecule has 9 heteroatoms. The Bertz CT molecular complexity index is 1040. The number of anilines is 1. The Morgan fingerprint density at radius 3 is 2.71 bits per heavy atom. The van der Waals surface area contributed by atoms with Crippen molar-refractivity contribution < 1.29 is 18.3 Å². The Hall–Kier alpha value is -3.38. The Labute approximate surface area is 164 Å². The summed E-state index contributed by atoms with van der Waals surface area (Å²) in [6.07, 6.45) is 0.316. The van der Waals surface area contributed by atoms with Gasteiger partial charge >= 0.3 is 5.97 Å². The van der Waals surface area contributed by atoms with Crippen molar-refractivity contribution >= 4 is 23.5 Å². The number of hydrogen-bond acceptors (Lipinski definition) is 8. The SMILES string of the molecule is COC(=O)c1ccc(CSc2nc(N)c(C#N)c(Cc3ccc(F)cc3)n2)o1. The van der Waals surface area contributed by atoms with Crippen LogP contribution in [0.2, 0.25) is 0 Å². The summed E-state index contributed by atoms with van der Waals surface area (Å²) in [6, 6.07) is 11.1. The monoisotopic (exact) mass is 398 g/mol. The zero-order chi connectivity index (χ0) is 20.1. The van der Waals surface area contributed by atoms with Gasteiger partial charge in [-0.25, -0.2) is 19.2 Å². The lowest BCUT2D eigenvalue weighted by Crippen LogP contribution is -2.06. The molecule has 0 radical (unpaired) electrons. The lowest BCUT2D eigenvalue weighted by Gasteiger charge is -2.08. The Morgan fingerprint density at radius 2 is 2.04 bits per heavy atom. The Kier molecular flexibility index (Phi) is 5.91. The van der Waals surface area contributed by atoms with E-state index in [0.717, 1.165) is 5.56 Å². The van der Waals surface area contributed by atoms with Crippen LogP contribution in [0.1, 0.15) is 33.1 Å². The van der Waals surface area contributed by atoms with Crippen molar-refractivity contribution in [1.82, 2.24) is 9.97 Å². The largest absolute Gasteiger partial charge is 0.463 e. The highest BCUT2D eigenvalue weighted by atomic mass is 32.2. The van der Waals surface area contributed by atoms with Crippen molar-refractivity contribution in [2.24, 2.45) is 0 Å². The molecule has 2 N–H and O–H groups in total. The van der Waals surface area contributed by atoms with E-state index in [1.807, 2.05) is 6.07 Å². The van der Waals surface area contributed by atoms with Crippen LogP contribution in [0.15, 0.2) is 46.0 Å². The fourth-order valence-electron chi connectivity index (χ4n) is 2.41. The maximum atomic E-state index is 13.1. The summed E-state index contributed by atoms with van der Waals surface area (Å²) < 4.78 is 23.1. The maximum absolute atomic E-state index is 13.1. The minimum absolute atomic E-state index is 0.0757. The van der Waals surface area contributed by atoms with Crippen LogP contribution in [0.3, 0.4) is 0 Å². The minimum atomic E-state index is -0.559. The van der Waals surface area contributed by atoms with Crippen molar-refractivity contribution in [3.63, 3.8) is 0 Å². The predicted molar refractivity (Wildman–Crippen MR) is 100.0 cm³/mol. The molecule has 0 spiro atoms.